The van der Waals surface area contributed by atoms with Crippen LogP contribution in [0.15, 0.2) is 41.8 Å². The molecule has 0 unspecified atom stereocenters. The maximum atomic E-state index is 12.6. The van der Waals surface area contributed by atoms with Gasteiger partial charge in [0.25, 0.3) is 0 Å². The number of carboxylic acid groups (broad SMARTS) is 1. The van der Waals surface area contributed by atoms with Crippen LogP contribution in [-0.2, 0) is 16.1 Å². The molecule has 0 aliphatic heterocycles. The molecule has 124 valence electrons. The molecule has 1 fully saturated rings. The number of nitrogens with one attached hydrogen (secondary N) is 1. The first-order chi connectivity index (χ1) is 11.6. The monoisotopic (exact) mass is 359 g/mol. The van der Waals surface area contributed by atoms with Crippen molar-refractivity contribution in [3.8, 4) is 9.75 Å². The molecule has 2 aliphatic carbocycles. The van der Waals surface area contributed by atoms with E-state index in [4.69, 9.17) is 0 Å². The van der Waals surface area contributed by atoms with Gasteiger partial charge in [-0.05, 0) is 41.8 Å². The van der Waals surface area contributed by atoms with Crippen molar-refractivity contribution >= 4 is 34.6 Å². The predicted octanol–water partition coefficient (Wildman–Crippen LogP) is 3.62. The van der Waals surface area contributed by atoms with Crippen LogP contribution in [0.4, 0.5) is 0 Å². The molecule has 24 heavy (non-hydrogen) atoms. The molecule has 2 bridgehead atoms. The van der Waals surface area contributed by atoms with Gasteiger partial charge in [-0.2, -0.15) is 0 Å². The van der Waals surface area contributed by atoms with Gasteiger partial charge >= 0.3 is 5.97 Å². The summed E-state index contributed by atoms with van der Waals surface area (Å²) >= 11 is 3.36. The Morgan fingerprint density at radius 2 is 1.92 bits per heavy atom. The number of carboxylic acids is 1. The summed E-state index contributed by atoms with van der Waals surface area (Å²) < 4.78 is 0. The van der Waals surface area contributed by atoms with Crippen LogP contribution < -0.4 is 5.32 Å². The van der Waals surface area contributed by atoms with E-state index in [1.807, 2.05) is 29.7 Å². The van der Waals surface area contributed by atoms with Crippen LogP contribution >= 0.6 is 22.7 Å². The SMILES string of the molecule is O=C(NCc1ccc(-c2cccs2)s1)[C@@H]1[C@H](C(=O)O)[C@@H]2C=C[C@H]1C2. The first-order valence-corrected chi connectivity index (χ1v) is 9.64. The van der Waals surface area contributed by atoms with Crippen molar-refractivity contribution in [2.75, 3.05) is 0 Å². The zero-order valence-electron chi connectivity index (χ0n) is 12.8. The number of carbonyl (C=O) groups excluding carboxylic acids is 1. The zero-order valence-corrected chi connectivity index (χ0v) is 14.5. The second-order valence-electron chi connectivity index (χ2n) is 6.30. The molecule has 2 heterocycles. The summed E-state index contributed by atoms with van der Waals surface area (Å²) in [6, 6.07) is 8.20. The summed E-state index contributed by atoms with van der Waals surface area (Å²) in [6.45, 7) is 0.457. The van der Waals surface area contributed by atoms with E-state index in [2.05, 4.69) is 17.4 Å². The fraction of sp³-hybridized carbons (Fsp3) is 0.333. The predicted molar refractivity (Wildman–Crippen MR) is 94.8 cm³/mol. The summed E-state index contributed by atoms with van der Waals surface area (Å²) in [4.78, 5) is 27.6. The lowest BCUT2D eigenvalue weighted by molar-refractivity contribution is -0.147. The highest BCUT2D eigenvalue weighted by atomic mass is 32.1. The summed E-state index contributed by atoms with van der Waals surface area (Å²) in [7, 11) is 0. The fourth-order valence-electron chi connectivity index (χ4n) is 3.83. The number of allylic oxidation sites excluding steroid dienone is 2. The van der Waals surface area contributed by atoms with E-state index in [1.165, 1.54) is 9.75 Å². The summed E-state index contributed by atoms with van der Waals surface area (Å²) in [5, 5.41) is 14.4. The van der Waals surface area contributed by atoms with Gasteiger partial charge in [0.2, 0.25) is 5.91 Å². The lowest BCUT2D eigenvalue weighted by Crippen LogP contribution is -2.39. The van der Waals surface area contributed by atoms with E-state index in [-0.39, 0.29) is 17.7 Å². The normalized spacial score (nSPS) is 27.5. The van der Waals surface area contributed by atoms with Gasteiger partial charge in [0.05, 0.1) is 18.4 Å². The topological polar surface area (TPSA) is 66.4 Å². The summed E-state index contributed by atoms with van der Waals surface area (Å²) in [6.07, 6.45) is 4.75. The van der Waals surface area contributed by atoms with Crippen LogP contribution in [0.3, 0.4) is 0 Å². The zero-order chi connectivity index (χ0) is 16.7. The van der Waals surface area contributed by atoms with E-state index < -0.39 is 17.8 Å². The Balaban J connectivity index is 1.42. The van der Waals surface area contributed by atoms with Gasteiger partial charge in [-0.25, -0.2) is 0 Å². The molecule has 4 nitrogen and oxygen atoms in total. The van der Waals surface area contributed by atoms with Crippen molar-refractivity contribution < 1.29 is 14.7 Å². The number of rotatable bonds is 5. The highest BCUT2D eigenvalue weighted by Gasteiger charge is 2.51. The van der Waals surface area contributed by atoms with Gasteiger partial charge in [0, 0.05) is 14.6 Å². The number of carbonyl (C=O) groups is 2. The van der Waals surface area contributed by atoms with Crippen molar-refractivity contribution in [2.45, 2.75) is 13.0 Å². The highest BCUT2D eigenvalue weighted by Crippen LogP contribution is 2.48. The average Bonchev–Trinajstić information content (AvgIpc) is 3.35. The van der Waals surface area contributed by atoms with E-state index in [0.717, 1.165) is 11.3 Å². The van der Waals surface area contributed by atoms with Crippen molar-refractivity contribution in [3.63, 3.8) is 0 Å². The van der Waals surface area contributed by atoms with Gasteiger partial charge in [0.1, 0.15) is 0 Å². The molecular weight excluding hydrogens is 342 g/mol. The standard InChI is InChI=1S/C18H17NO3S2/c20-17(15-10-3-4-11(8-10)16(15)18(21)22)19-9-12-5-6-14(24-12)13-2-1-7-23-13/h1-7,10-11,15-16H,8-9H2,(H,19,20)(H,21,22)/t10-,11+,15-,16+/m0/s1. The van der Waals surface area contributed by atoms with Crippen LogP contribution in [-0.4, -0.2) is 17.0 Å². The number of aliphatic carboxylic acids is 1. The molecule has 1 saturated carbocycles. The lowest BCUT2D eigenvalue weighted by atomic mass is 9.82. The van der Waals surface area contributed by atoms with Crippen LogP contribution in [0.25, 0.3) is 9.75 Å². The Bertz CT molecular complexity index is 793. The van der Waals surface area contributed by atoms with Crippen molar-refractivity contribution in [2.24, 2.45) is 23.7 Å². The molecule has 4 rings (SSSR count). The quantitative estimate of drug-likeness (QED) is 0.802. The fourth-order valence-corrected chi connectivity index (χ4v) is 5.61. The number of hydrogen-bond donors (Lipinski definition) is 2. The van der Waals surface area contributed by atoms with Crippen LogP contribution in [0, 0.1) is 23.7 Å². The Labute approximate surface area is 147 Å². The molecule has 2 N–H and O–H groups in total. The van der Waals surface area contributed by atoms with E-state index in [1.54, 1.807) is 22.7 Å². The van der Waals surface area contributed by atoms with Gasteiger partial charge in [-0.3, -0.25) is 9.59 Å². The molecule has 2 aromatic heterocycles. The third-order valence-electron chi connectivity index (χ3n) is 4.91. The van der Waals surface area contributed by atoms with E-state index >= 15 is 0 Å². The first-order valence-electron chi connectivity index (χ1n) is 7.95. The number of thiophene rings is 2. The Morgan fingerprint density at radius 3 is 2.62 bits per heavy atom. The van der Waals surface area contributed by atoms with E-state index in [9.17, 15) is 14.7 Å². The van der Waals surface area contributed by atoms with Crippen LogP contribution in [0.1, 0.15) is 11.3 Å². The molecule has 0 aromatic carbocycles. The minimum Gasteiger partial charge on any atom is -0.481 e. The number of amides is 1. The Morgan fingerprint density at radius 1 is 1.12 bits per heavy atom. The number of fused-ring (bicyclic) bond motifs is 2. The maximum Gasteiger partial charge on any atom is 0.307 e. The molecule has 2 aromatic rings. The average molecular weight is 359 g/mol. The minimum absolute atomic E-state index is 0.00965. The third-order valence-corrected chi connectivity index (χ3v) is 7.06. The maximum absolute atomic E-state index is 12.6. The second-order valence-corrected chi connectivity index (χ2v) is 8.42. The molecule has 4 atom stereocenters. The van der Waals surface area contributed by atoms with Crippen molar-refractivity contribution in [1.82, 2.24) is 5.32 Å². The van der Waals surface area contributed by atoms with Crippen LogP contribution in [0.5, 0.6) is 0 Å². The Kier molecular flexibility index (Phi) is 4.02. The van der Waals surface area contributed by atoms with Crippen molar-refractivity contribution in [1.29, 1.82) is 0 Å². The summed E-state index contributed by atoms with van der Waals surface area (Å²) in [5.41, 5.74) is 0. The van der Waals surface area contributed by atoms with Gasteiger partial charge < -0.3 is 10.4 Å². The number of hydrogen-bond acceptors (Lipinski definition) is 4. The molecular formula is C18H17NO3S2. The van der Waals surface area contributed by atoms with Crippen molar-refractivity contribution in [3.05, 3.63) is 46.7 Å². The summed E-state index contributed by atoms with van der Waals surface area (Å²) in [5.74, 6) is -1.93. The molecule has 0 spiro atoms. The highest BCUT2D eigenvalue weighted by molar-refractivity contribution is 7.21. The molecule has 6 heteroatoms. The lowest BCUT2D eigenvalue weighted by Gasteiger charge is -2.23. The van der Waals surface area contributed by atoms with Gasteiger partial charge in [-0.1, -0.05) is 18.2 Å². The van der Waals surface area contributed by atoms with E-state index in [0.29, 0.717) is 6.54 Å². The molecule has 0 radical (unpaired) electrons. The third kappa shape index (κ3) is 2.70. The smallest absolute Gasteiger partial charge is 0.307 e. The Hall–Kier alpha value is -1.92. The van der Waals surface area contributed by atoms with Gasteiger partial charge in [-0.15, -0.1) is 22.7 Å². The molecule has 1 amide bonds. The second kappa shape index (κ2) is 6.18. The minimum atomic E-state index is -0.858. The van der Waals surface area contributed by atoms with Gasteiger partial charge in [0.15, 0.2) is 0 Å². The molecule has 2 aliphatic rings. The molecule has 0 saturated heterocycles. The van der Waals surface area contributed by atoms with Crippen LogP contribution in [0.2, 0.25) is 0 Å². The largest absolute Gasteiger partial charge is 0.481 e. The first kappa shape index (κ1) is 15.6.